The summed E-state index contributed by atoms with van der Waals surface area (Å²) in [6.07, 6.45) is 6.49. The van der Waals surface area contributed by atoms with E-state index in [0.29, 0.717) is 17.1 Å². The molecule has 1 fully saturated rings. The number of hydrogen-bond donors (Lipinski definition) is 0. The molecule has 0 saturated heterocycles. The first-order valence-electron chi connectivity index (χ1n) is 7.31. The molecule has 0 spiro atoms. The van der Waals surface area contributed by atoms with Crippen molar-refractivity contribution < 1.29 is 4.42 Å². The lowest BCUT2D eigenvalue weighted by Crippen LogP contribution is -2.18. The average Bonchev–Trinajstić information content (AvgIpc) is 2.98. The van der Waals surface area contributed by atoms with Gasteiger partial charge in [-0.2, -0.15) is 0 Å². The zero-order valence-electron chi connectivity index (χ0n) is 11.5. The molecule has 1 atom stereocenters. The van der Waals surface area contributed by atoms with Gasteiger partial charge in [-0.3, -0.25) is 0 Å². The van der Waals surface area contributed by atoms with Gasteiger partial charge in [0.2, 0.25) is 11.8 Å². The number of rotatable bonds is 4. The molecule has 3 rings (SSSR count). The van der Waals surface area contributed by atoms with E-state index in [9.17, 15) is 0 Å². The number of halogens is 1. The molecule has 3 nitrogen and oxygen atoms in total. The Bertz CT molecular complexity index is 534. The quantitative estimate of drug-likeness (QED) is 0.762. The van der Waals surface area contributed by atoms with Gasteiger partial charge in [-0.15, -0.1) is 10.2 Å². The summed E-state index contributed by atoms with van der Waals surface area (Å²) in [5.74, 6) is 2.31. The molecular formula is C16H19BrN2O. The summed E-state index contributed by atoms with van der Waals surface area (Å²) in [5, 5.41) is 9.02. The van der Waals surface area contributed by atoms with E-state index in [4.69, 9.17) is 4.42 Å². The Labute approximate surface area is 127 Å². The van der Waals surface area contributed by atoms with Gasteiger partial charge in [0.15, 0.2) is 0 Å². The van der Waals surface area contributed by atoms with Crippen molar-refractivity contribution in [3.8, 4) is 0 Å². The number of hydrogen-bond acceptors (Lipinski definition) is 3. The Morgan fingerprint density at radius 1 is 1.10 bits per heavy atom. The molecule has 0 bridgehead atoms. The van der Waals surface area contributed by atoms with E-state index in [2.05, 4.69) is 56.5 Å². The summed E-state index contributed by atoms with van der Waals surface area (Å²) in [6.45, 7) is 0. The van der Waals surface area contributed by atoms with Crippen LogP contribution in [0.25, 0.3) is 0 Å². The number of aromatic nitrogens is 2. The second-order valence-electron chi connectivity index (χ2n) is 5.45. The van der Waals surface area contributed by atoms with E-state index in [1.165, 1.54) is 37.7 Å². The zero-order chi connectivity index (χ0) is 13.8. The maximum atomic E-state index is 5.83. The van der Waals surface area contributed by atoms with Crippen LogP contribution in [0.2, 0.25) is 0 Å². The molecule has 1 aliphatic rings. The maximum Gasteiger partial charge on any atom is 0.227 e. The van der Waals surface area contributed by atoms with E-state index in [1.54, 1.807) is 0 Å². The van der Waals surface area contributed by atoms with Crippen molar-refractivity contribution in [2.75, 3.05) is 0 Å². The molecule has 1 heterocycles. The van der Waals surface area contributed by atoms with Gasteiger partial charge >= 0.3 is 0 Å². The van der Waals surface area contributed by atoms with Crippen LogP contribution in [0.5, 0.6) is 0 Å². The predicted molar refractivity (Wildman–Crippen MR) is 81.8 cm³/mol. The average molecular weight is 335 g/mol. The van der Waals surface area contributed by atoms with E-state index < -0.39 is 0 Å². The van der Waals surface area contributed by atoms with E-state index >= 15 is 0 Å². The van der Waals surface area contributed by atoms with Gasteiger partial charge in [0.1, 0.15) is 0 Å². The van der Waals surface area contributed by atoms with Crippen LogP contribution in [-0.4, -0.2) is 10.2 Å². The van der Waals surface area contributed by atoms with Crippen molar-refractivity contribution in [1.29, 1.82) is 0 Å². The Hall–Kier alpha value is -1.16. The van der Waals surface area contributed by atoms with Gasteiger partial charge in [-0.25, -0.2) is 0 Å². The normalized spacial score (nSPS) is 18.1. The van der Waals surface area contributed by atoms with Crippen LogP contribution in [0.3, 0.4) is 0 Å². The van der Waals surface area contributed by atoms with E-state index in [0.717, 1.165) is 5.89 Å². The molecule has 1 aromatic carbocycles. The SMILES string of the molecule is BrCc1nnc(C(c2ccccc2)C2CCCCC2)o1. The molecule has 20 heavy (non-hydrogen) atoms. The Morgan fingerprint density at radius 3 is 2.50 bits per heavy atom. The summed E-state index contributed by atoms with van der Waals surface area (Å²) >= 11 is 3.38. The first-order valence-corrected chi connectivity index (χ1v) is 8.44. The standard InChI is InChI=1S/C16H19BrN2O/c17-11-14-18-19-16(20-14)15(12-7-3-1-4-8-12)13-9-5-2-6-10-13/h1,3-4,7-8,13,15H,2,5-6,9-11H2. The molecule has 1 unspecified atom stereocenters. The van der Waals surface area contributed by atoms with E-state index in [1.807, 2.05) is 0 Å². The predicted octanol–water partition coefficient (Wildman–Crippen LogP) is 4.68. The van der Waals surface area contributed by atoms with Crippen LogP contribution in [0.1, 0.15) is 55.4 Å². The first kappa shape index (κ1) is 13.8. The summed E-state index contributed by atoms with van der Waals surface area (Å²) in [4.78, 5) is 0. The van der Waals surface area contributed by atoms with Gasteiger partial charge in [-0.1, -0.05) is 65.5 Å². The van der Waals surface area contributed by atoms with Crippen LogP contribution < -0.4 is 0 Å². The second kappa shape index (κ2) is 6.53. The monoisotopic (exact) mass is 334 g/mol. The lowest BCUT2D eigenvalue weighted by atomic mass is 9.77. The van der Waals surface area contributed by atoms with Gasteiger partial charge in [-0.05, 0) is 24.3 Å². The van der Waals surface area contributed by atoms with E-state index in [-0.39, 0.29) is 5.92 Å². The Balaban J connectivity index is 1.94. The number of benzene rings is 1. The third-order valence-corrected chi connectivity index (χ3v) is 4.62. The van der Waals surface area contributed by atoms with Crippen LogP contribution in [0.4, 0.5) is 0 Å². The zero-order valence-corrected chi connectivity index (χ0v) is 13.1. The molecule has 0 N–H and O–H groups in total. The van der Waals surface area contributed by atoms with Crippen molar-refractivity contribution in [3.63, 3.8) is 0 Å². The molecule has 106 valence electrons. The van der Waals surface area contributed by atoms with Crippen LogP contribution in [-0.2, 0) is 5.33 Å². The van der Waals surface area contributed by atoms with Crippen LogP contribution in [0.15, 0.2) is 34.7 Å². The summed E-state index contributed by atoms with van der Waals surface area (Å²) < 4.78 is 5.83. The highest BCUT2D eigenvalue weighted by molar-refractivity contribution is 9.08. The summed E-state index contributed by atoms with van der Waals surface area (Å²) in [7, 11) is 0. The third-order valence-electron chi connectivity index (χ3n) is 4.14. The minimum Gasteiger partial charge on any atom is -0.424 e. The van der Waals surface area contributed by atoms with Gasteiger partial charge in [0.05, 0.1) is 11.2 Å². The van der Waals surface area contributed by atoms with Gasteiger partial charge < -0.3 is 4.42 Å². The van der Waals surface area contributed by atoms with Gasteiger partial charge in [0, 0.05) is 0 Å². The van der Waals surface area contributed by atoms with Crippen molar-refractivity contribution in [2.45, 2.75) is 43.4 Å². The molecule has 1 aliphatic carbocycles. The molecule has 0 aliphatic heterocycles. The minimum absolute atomic E-state index is 0.247. The molecule has 4 heteroatoms. The largest absolute Gasteiger partial charge is 0.424 e. The second-order valence-corrected chi connectivity index (χ2v) is 6.01. The highest BCUT2D eigenvalue weighted by atomic mass is 79.9. The fourth-order valence-corrected chi connectivity index (χ4v) is 3.42. The van der Waals surface area contributed by atoms with Crippen molar-refractivity contribution in [2.24, 2.45) is 5.92 Å². The smallest absolute Gasteiger partial charge is 0.227 e. The van der Waals surface area contributed by atoms with Crippen LogP contribution in [0, 0.1) is 5.92 Å². The highest BCUT2D eigenvalue weighted by Gasteiger charge is 2.30. The van der Waals surface area contributed by atoms with Gasteiger partial charge in [0.25, 0.3) is 0 Å². The Morgan fingerprint density at radius 2 is 1.85 bits per heavy atom. The topological polar surface area (TPSA) is 38.9 Å². The molecule has 1 saturated carbocycles. The van der Waals surface area contributed by atoms with Crippen molar-refractivity contribution in [1.82, 2.24) is 10.2 Å². The number of alkyl halides is 1. The van der Waals surface area contributed by atoms with Crippen molar-refractivity contribution >= 4 is 15.9 Å². The fraction of sp³-hybridized carbons (Fsp3) is 0.500. The lowest BCUT2D eigenvalue weighted by Gasteiger charge is -2.28. The van der Waals surface area contributed by atoms with Crippen molar-refractivity contribution in [3.05, 3.63) is 47.7 Å². The fourth-order valence-electron chi connectivity index (χ4n) is 3.19. The molecule has 2 aromatic rings. The first-order chi connectivity index (χ1) is 9.88. The molecule has 0 radical (unpaired) electrons. The lowest BCUT2D eigenvalue weighted by molar-refractivity contribution is 0.293. The molecule has 1 aromatic heterocycles. The van der Waals surface area contributed by atoms with Crippen LogP contribution >= 0.6 is 15.9 Å². The summed E-state index contributed by atoms with van der Waals surface area (Å²) in [6, 6.07) is 10.6. The molecule has 0 amide bonds. The third kappa shape index (κ3) is 2.95. The molecular weight excluding hydrogens is 316 g/mol. The Kier molecular flexibility index (Phi) is 4.51. The summed E-state index contributed by atoms with van der Waals surface area (Å²) in [5.41, 5.74) is 1.30. The maximum absolute atomic E-state index is 5.83. The minimum atomic E-state index is 0.247. The number of nitrogens with zero attached hydrogens (tertiary/aromatic N) is 2. The highest BCUT2D eigenvalue weighted by Crippen LogP contribution is 2.39.